The van der Waals surface area contributed by atoms with Crippen LogP contribution >= 0.6 is 0 Å². The van der Waals surface area contributed by atoms with Gasteiger partial charge in [0.15, 0.2) is 0 Å². The zero-order valence-corrected chi connectivity index (χ0v) is 13.9. The fraction of sp³-hybridized carbons (Fsp3) is 0.222. The molecule has 0 unspecified atom stereocenters. The van der Waals surface area contributed by atoms with Gasteiger partial charge in [0.25, 0.3) is 0 Å². The molecule has 3 aromatic rings. The number of aryl methyl sites for hydroxylation is 2. The van der Waals surface area contributed by atoms with E-state index in [4.69, 9.17) is 4.74 Å². The molecule has 1 heterocycles. The third-order valence-electron chi connectivity index (χ3n) is 4.07. The van der Waals surface area contributed by atoms with E-state index in [1.807, 2.05) is 18.2 Å². The summed E-state index contributed by atoms with van der Waals surface area (Å²) in [4.78, 5) is 24.2. The first-order valence-corrected chi connectivity index (χ1v) is 7.58. The number of amides is 1. The molecule has 124 valence electrons. The van der Waals surface area contributed by atoms with E-state index in [2.05, 4.69) is 5.32 Å². The Hall–Kier alpha value is -3.02. The molecular weight excluding hydrogens is 306 g/mol. The van der Waals surface area contributed by atoms with Crippen LogP contribution in [0.2, 0.25) is 0 Å². The molecular formula is C18H19N3O3. The molecule has 0 atom stereocenters. The Morgan fingerprint density at radius 1 is 1.04 bits per heavy atom. The van der Waals surface area contributed by atoms with Crippen molar-refractivity contribution in [3.8, 4) is 5.75 Å². The van der Waals surface area contributed by atoms with Gasteiger partial charge in [-0.05, 0) is 42.0 Å². The molecule has 0 saturated carbocycles. The maximum absolute atomic E-state index is 12.2. The van der Waals surface area contributed by atoms with Crippen LogP contribution < -0.4 is 15.7 Å². The maximum Gasteiger partial charge on any atom is 0.328 e. The molecule has 6 nitrogen and oxygen atoms in total. The van der Waals surface area contributed by atoms with Gasteiger partial charge in [0.1, 0.15) is 5.75 Å². The van der Waals surface area contributed by atoms with Crippen LogP contribution in [0.1, 0.15) is 5.56 Å². The number of methoxy groups -OCH3 is 1. The highest BCUT2D eigenvalue weighted by atomic mass is 16.5. The molecule has 2 aromatic carbocycles. The number of hydrogen-bond donors (Lipinski definition) is 1. The molecule has 3 rings (SSSR count). The third-order valence-corrected chi connectivity index (χ3v) is 4.07. The number of aromatic nitrogens is 2. The SMILES string of the molecule is COc1ccc(NC(=O)Cc2ccc3c(c2)n(C)c(=O)n3C)cc1. The number of nitrogens with one attached hydrogen (secondary N) is 1. The number of fused-ring (bicyclic) bond motifs is 1. The fourth-order valence-corrected chi connectivity index (χ4v) is 2.73. The molecule has 0 aliphatic heterocycles. The summed E-state index contributed by atoms with van der Waals surface area (Å²) >= 11 is 0. The molecule has 0 bridgehead atoms. The van der Waals surface area contributed by atoms with Crippen molar-refractivity contribution in [1.29, 1.82) is 0 Å². The fourth-order valence-electron chi connectivity index (χ4n) is 2.73. The van der Waals surface area contributed by atoms with E-state index < -0.39 is 0 Å². The van der Waals surface area contributed by atoms with Crippen LogP contribution in [0.15, 0.2) is 47.3 Å². The van der Waals surface area contributed by atoms with E-state index in [1.165, 1.54) is 0 Å². The number of carbonyl (C=O) groups is 1. The van der Waals surface area contributed by atoms with Crippen molar-refractivity contribution >= 4 is 22.6 Å². The van der Waals surface area contributed by atoms with Crippen molar-refractivity contribution in [2.75, 3.05) is 12.4 Å². The Kier molecular flexibility index (Phi) is 4.12. The predicted octanol–water partition coefficient (Wildman–Crippen LogP) is 2.07. The number of imidazole rings is 1. The smallest absolute Gasteiger partial charge is 0.328 e. The van der Waals surface area contributed by atoms with Gasteiger partial charge in [-0.3, -0.25) is 13.9 Å². The summed E-state index contributed by atoms with van der Waals surface area (Å²) < 4.78 is 8.27. The Labute approximate surface area is 139 Å². The van der Waals surface area contributed by atoms with Crippen molar-refractivity contribution in [1.82, 2.24) is 9.13 Å². The zero-order chi connectivity index (χ0) is 17.3. The van der Waals surface area contributed by atoms with Crippen LogP contribution in [-0.2, 0) is 25.3 Å². The van der Waals surface area contributed by atoms with E-state index in [9.17, 15) is 9.59 Å². The maximum atomic E-state index is 12.2. The third kappa shape index (κ3) is 2.90. The van der Waals surface area contributed by atoms with E-state index >= 15 is 0 Å². The van der Waals surface area contributed by atoms with E-state index in [1.54, 1.807) is 54.6 Å². The van der Waals surface area contributed by atoms with Crippen LogP contribution in [0.4, 0.5) is 5.69 Å². The second-order valence-corrected chi connectivity index (χ2v) is 5.68. The van der Waals surface area contributed by atoms with Crippen LogP contribution in [0.25, 0.3) is 11.0 Å². The lowest BCUT2D eigenvalue weighted by Crippen LogP contribution is -2.19. The molecule has 1 aromatic heterocycles. The van der Waals surface area contributed by atoms with Gasteiger partial charge in [-0.25, -0.2) is 4.79 Å². The molecule has 0 aliphatic rings. The van der Waals surface area contributed by atoms with Crippen molar-refractivity contribution in [2.24, 2.45) is 14.1 Å². The van der Waals surface area contributed by atoms with E-state index in [0.29, 0.717) is 5.69 Å². The number of rotatable bonds is 4. The molecule has 0 aliphatic carbocycles. The quantitative estimate of drug-likeness (QED) is 0.798. The number of carbonyl (C=O) groups excluding carboxylic acids is 1. The monoisotopic (exact) mass is 325 g/mol. The van der Waals surface area contributed by atoms with Gasteiger partial charge in [0.05, 0.1) is 24.6 Å². The number of hydrogen-bond acceptors (Lipinski definition) is 3. The molecule has 0 spiro atoms. The molecule has 24 heavy (non-hydrogen) atoms. The highest BCUT2D eigenvalue weighted by Crippen LogP contribution is 2.17. The minimum Gasteiger partial charge on any atom is -0.497 e. The predicted molar refractivity (Wildman–Crippen MR) is 93.5 cm³/mol. The van der Waals surface area contributed by atoms with Gasteiger partial charge >= 0.3 is 5.69 Å². The molecule has 1 amide bonds. The second-order valence-electron chi connectivity index (χ2n) is 5.68. The van der Waals surface area contributed by atoms with Crippen LogP contribution in [0.5, 0.6) is 5.75 Å². The summed E-state index contributed by atoms with van der Waals surface area (Å²) in [6, 6.07) is 12.8. The first-order valence-electron chi connectivity index (χ1n) is 7.58. The zero-order valence-electron chi connectivity index (χ0n) is 13.9. The second kappa shape index (κ2) is 6.23. The van der Waals surface area contributed by atoms with Gasteiger partial charge in [-0.1, -0.05) is 6.07 Å². The first kappa shape index (κ1) is 15.9. The average Bonchev–Trinajstić information content (AvgIpc) is 2.80. The molecule has 0 radical (unpaired) electrons. The van der Waals surface area contributed by atoms with Crippen molar-refractivity contribution in [2.45, 2.75) is 6.42 Å². The molecule has 0 saturated heterocycles. The first-order chi connectivity index (χ1) is 11.5. The van der Waals surface area contributed by atoms with Crippen LogP contribution in [-0.4, -0.2) is 22.2 Å². The van der Waals surface area contributed by atoms with Crippen molar-refractivity contribution < 1.29 is 9.53 Å². The number of anilines is 1. The lowest BCUT2D eigenvalue weighted by atomic mass is 10.1. The lowest BCUT2D eigenvalue weighted by molar-refractivity contribution is -0.115. The highest BCUT2D eigenvalue weighted by Gasteiger charge is 2.10. The Balaban J connectivity index is 1.77. The standard InChI is InChI=1S/C18H19N3O3/c1-20-15-9-4-12(10-16(15)21(2)18(20)23)11-17(22)19-13-5-7-14(24-3)8-6-13/h4-10H,11H2,1-3H3,(H,19,22). The van der Waals surface area contributed by atoms with E-state index in [-0.39, 0.29) is 18.0 Å². The normalized spacial score (nSPS) is 10.8. The summed E-state index contributed by atoms with van der Waals surface area (Å²) in [6.07, 6.45) is 0.241. The molecule has 1 N–H and O–H groups in total. The minimum atomic E-state index is -0.111. The topological polar surface area (TPSA) is 65.3 Å². The lowest BCUT2D eigenvalue weighted by Gasteiger charge is -2.07. The van der Waals surface area contributed by atoms with Gasteiger partial charge < -0.3 is 10.1 Å². The number of benzene rings is 2. The summed E-state index contributed by atoms with van der Waals surface area (Å²) in [5, 5.41) is 2.85. The van der Waals surface area contributed by atoms with Gasteiger partial charge in [-0.15, -0.1) is 0 Å². The largest absolute Gasteiger partial charge is 0.497 e. The van der Waals surface area contributed by atoms with Crippen molar-refractivity contribution in [3.05, 3.63) is 58.5 Å². The van der Waals surface area contributed by atoms with Crippen LogP contribution in [0, 0.1) is 0 Å². The van der Waals surface area contributed by atoms with E-state index in [0.717, 1.165) is 22.3 Å². The Morgan fingerprint density at radius 2 is 1.71 bits per heavy atom. The van der Waals surface area contributed by atoms with Gasteiger partial charge in [-0.2, -0.15) is 0 Å². The Morgan fingerprint density at radius 3 is 2.38 bits per heavy atom. The Bertz CT molecular complexity index is 952. The summed E-state index contributed by atoms with van der Waals surface area (Å²) in [5.41, 5.74) is 3.16. The summed E-state index contributed by atoms with van der Waals surface area (Å²) in [6.45, 7) is 0. The van der Waals surface area contributed by atoms with Gasteiger partial charge in [0, 0.05) is 19.8 Å². The highest BCUT2D eigenvalue weighted by molar-refractivity contribution is 5.93. The summed E-state index contributed by atoms with van der Waals surface area (Å²) in [7, 11) is 5.06. The molecule has 0 fully saturated rings. The number of ether oxygens (including phenoxy) is 1. The molecule has 6 heteroatoms. The van der Waals surface area contributed by atoms with Crippen LogP contribution in [0.3, 0.4) is 0 Å². The summed E-state index contributed by atoms with van der Waals surface area (Å²) in [5.74, 6) is 0.629. The van der Waals surface area contributed by atoms with Gasteiger partial charge in [0.2, 0.25) is 5.91 Å². The number of nitrogens with zero attached hydrogens (tertiary/aromatic N) is 2. The average molecular weight is 325 g/mol. The minimum absolute atomic E-state index is 0.0789. The van der Waals surface area contributed by atoms with Crippen molar-refractivity contribution in [3.63, 3.8) is 0 Å².